The summed E-state index contributed by atoms with van der Waals surface area (Å²) >= 11 is 1.64. The minimum Gasteiger partial charge on any atom is -0.472 e. The summed E-state index contributed by atoms with van der Waals surface area (Å²) in [6, 6.07) is 2.95. The molecule has 112 valence electrons. The Bertz CT molecular complexity index is 556. The molecule has 0 unspecified atom stereocenters. The predicted molar refractivity (Wildman–Crippen MR) is 80.1 cm³/mol. The molecule has 1 fully saturated rings. The van der Waals surface area contributed by atoms with Crippen LogP contribution in [0.15, 0.2) is 29.2 Å². The van der Waals surface area contributed by atoms with E-state index in [0.717, 1.165) is 44.6 Å². The van der Waals surface area contributed by atoms with E-state index in [1.54, 1.807) is 23.6 Å². The largest absolute Gasteiger partial charge is 0.472 e. The molecule has 1 aliphatic rings. The Morgan fingerprint density at radius 1 is 1.33 bits per heavy atom. The first-order valence-corrected chi connectivity index (χ1v) is 8.12. The SMILES string of the molecule is Fc1cccnc1OC1CCN(CCc2cscn2)CC1. The summed E-state index contributed by atoms with van der Waals surface area (Å²) in [7, 11) is 0. The monoisotopic (exact) mass is 307 g/mol. The van der Waals surface area contributed by atoms with E-state index < -0.39 is 0 Å². The van der Waals surface area contributed by atoms with Crippen molar-refractivity contribution >= 4 is 11.3 Å². The lowest BCUT2D eigenvalue weighted by Gasteiger charge is -2.31. The number of nitrogens with zero attached hydrogens (tertiary/aromatic N) is 3. The van der Waals surface area contributed by atoms with Gasteiger partial charge in [-0.2, -0.15) is 0 Å². The summed E-state index contributed by atoms with van der Waals surface area (Å²) in [4.78, 5) is 10.7. The van der Waals surface area contributed by atoms with Gasteiger partial charge >= 0.3 is 0 Å². The number of aromatic nitrogens is 2. The van der Waals surface area contributed by atoms with Crippen LogP contribution in [0.1, 0.15) is 18.5 Å². The number of pyridine rings is 1. The van der Waals surface area contributed by atoms with Crippen molar-refractivity contribution in [3.63, 3.8) is 0 Å². The molecule has 21 heavy (non-hydrogen) atoms. The van der Waals surface area contributed by atoms with Crippen LogP contribution in [0.2, 0.25) is 0 Å². The molecule has 0 amide bonds. The van der Waals surface area contributed by atoms with Gasteiger partial charge in [0.05, 0.1) is 11.2 Å². The number of hydrogen-bond acceptors (Lipinski definition) is 5. The average molecular weight is 307 g/mol. The predicted octanol–water partition coefficient (Wildman–Crippen LogP) is 2.76. The topological polar surface area (TPSA) is 38.2 Å². The van der Waals surface area contributed by atoms with Crippen molar-refractivity contribution in [2.45, 2.75) is 25.4 Å². The zero-order chi connectivity index (χ0) is 14.5. The standard InChI is InChI=1S/C15H18FN3OS/c16-14-2-1-6-17-15(14)20-13-4-8-19(9-5-13)7-3-12-10-21-11-18-12/h1-2,6,10-11,13H,3-5,7-9H2. The zero-order valence-electron chi connectivity index (χ0n) is 11.7. The number of ether oxygens (including phenoxy) is 1. The zero-order valence-corrected chi connectivity index (χ0v) is 12.6. The third-order valence-corrected chi connectivity index (χ3v) is 4.34. The van der Waals surface area contributed by atoms with Gasteiger partial charge in [-0.25, -0.2) is 14.4 Å². The highest BCUT2D eigenvalue weighted by atomic mass is 32.1. The van der Waals surface area contributed by atoms with Crippen molar-refractivity contribution in [1.29, 1.82) is 0 Å². The van der Waals surface area contributed by atoms with Crippen LogP contribution in [0.5, 0.6) is 5.88 Å². The summed E-state index contributed by atoms with van der Waals surface area (Å²) < 4.78 is 19.2. The highest BCUT2D eigenvalue weighted by Crippen LogP contribution is 2.19. The van der Waals surface area contributed by atoms with Gasteiger partial charge in [-0.15, -0.1) is 11.3 Å². The molecule has 0 aromatic carbocycles. The third kappa shape index (κ3) is 3.98. The Labute approximate surface area is 127 Å². The van der Waals surface area contributed by atoms with Gasteiger partial charge < -0.3 is 9.64 Å². The molecule has 0 N–H and O–H groups in total. The molecule has 0 saturated carbocycles. The molecule has 0 radical (unpaired) electrons. The van der Waals surface area contributed by atoms with E-state index in [-0.39, 0.29) is 17.8 Å². The van der Waals surface area contributed by atoms with E-state index >= 15 is 0 Å². The molecule has 1 saturated heterocycles. The summed E-state index contributed by atoms with van der Waals surface area (Å²) in [5.41, 5.74) is 3.03. The van der Waals surface area contributed by atoms with Gasteiger partial charge in [0.15, 0.2) is 5.82 Å². The molecule has 0 atom stereocenters. The van der Waals surface area contributed by atoms with Crippen molar-refractivity contribution in [2.75, 3.05) is 19.6 Å². The Hall–Kier alpha value is -1.53. The maximum absolute atomic E-state index is 13.5. The summed E-state index contributed by atoms with van der Waals surface area (Å²) in [6.07, 6.45) is 4.43. The Morgan fingerprint density at radius 3 is 2.90 bits per heavy atom. The molecule has 2 aromatic heterocycles. The fraction of sp³-hybridized carbons (Fsp3) is 0.467. The minimum absolute atomic E-state index is 0.0601. The molecule has 3 heterocycles. The van der Waals surface area contributed by atoms with E-state index in [9.17, 15) is 4.39 Å². The lowest BCUT2D eigenvalue weighted by Crippen LogP contribution is -2.39. The van der Waals surface area contributed by atoms with E-state index in [1.807, 2.05) is 5.51 Å². The first kappa shape index (κ1) is 14.4. The average Bonchev–Trinajstić information content (AvgIpc) is 3.02. The lowest BCUT2D eigenvalue weighted by molar-refractivity contribution is 0.0936. The molecule has 0 bridgehead atoms. The highest BCUT2D eigenvalue weighted by molar-refractivity contribution is 7.07. The van der Waals surface area contributed by atoms with Crippen LogP contribution in [0.4, 0.5) is 4.39 Å². The van der Waals surface area contributed by atoms with E-state index in [1.165, 1.54) is 6.07 Å². The Balaban J connectivity index is 1.44. The second kappa shape index (κ2) is 6.95. The first-order valence-electron chi connectivity index (χ1n) is 7.18. The van der Waals surface area contributed by atoms with Gasteiger partial charge in [-0.3, -0.25) is 0 Å². The van der Waals surface area contributed by atoms with Crippen molar-refractivity contribution in [3.8, 4) is 5.88 Å². The van der Waals surface area contributed by atoms with Crippen molar-refractivity contribution < 1.29 is 9.13 Å². The van der Waals surface area contributed by atoms with Crippen molar-refractivity contribution in [1.82, 2.24) is 14.9 Å². The smallest absolute Gasteiger partial charge is 0.250 e. The van der Waals surface area contributed by atoms with Gasteiger partial charge in [-0.1, -0.05) is 0 Å². The van der Waals surface area contributed by atoms with Crippen LogP contribution >= 0.6 is 11.3 Å². The number of likely N-dealkylation sites (tertiary alicyclic amines) is 1. The van der Waals surface area contributed by atoms with E-state index in [2.05, 4.69) is 20.2 Å². The van der Waals surface area contributed by atoms with Crippen molar-refractivity contribution in [3.05, 3.63) is 40.7 Å². The lowest BCUT2D eigenvalue weighted by atomic mass is 10.1. The molecular weight excluding hydrogens is 289 g/mol. The van der Waals surface area contributed by atoms with Crippen LogP contribution in [0.25, 0.3) is 0 Å². The van der Waals surface area contributed by atoms with Crippen LogP contribution in [0, 0.1) is 5.82 Å². The van der Waals surface area contributed by atoms with Crippen LogP contribution < -0.4 is 4.74 Å². The number of piperidine rings is 1. The summed E-state index contributed by atoms with van der Waals surface area (Å²) in [5, 5.41) is 2.10. The van der Waals surface area contributed by atoms with E-state index in [4.69, 9.17) is 4.74 Å². The normalized spacial score (nSPS) is 17.0. The van der Waals surface area contributed by atoms with Crippen LogP contribution in [0.3, 0.4) is 0 Å². The summed E-state index contributed by atoms with van der Waals surface area (Å²) in [6.45, 7) is 2.97. The van der Waals surface area contributed by atoms with Gasteiger partial charge in [-0.05, 0) is 25.0 Å². The molecule has 2 aromatic rings. The quantitative estimate of drug-likeness (QED) is 0.851. The third-order valence-electron chi connectivity index (χ3n) is 3.71. The van der Waals surface area contributed by atoms with Gasteiger partial charge in [0.2, 0.25) is 0 Å². The molecule has 0 aliphatic carbocycles. The molecule has 6 heteroatoms. The molecule has 1 aliphatic heterocycles. The fourth-order valence-corrected chi connectivity index (χ4v) is 3.09. The minimum atomic E-state index is -0.386. The van der Waals surface area contributed by atoms with Crippen molar-refractivity contribution in [2.24, 2.45) is 0 Å². The first-order chi connectivity index (χ1) is 10.3. The number of halogens is 1. The molecule has 3 rings (SSSR count). The maximum atomic E-state index is 13.5. The van der Waals surface area contributed by atoms with Gasteiger partial charge in [0.25, 0.3) is 5.88 Å². The molecule has 0 spiro atoms. The maximum Gasteiger partial charge on any atom is 0.250 e. The Morgan fingerprint density at radius 2 is 2.19 bits per heavy atom. The fourth-order valence-electron chi connectivity index (χ4n) is 2.50. The Kier molecular flexibility index (Phi) is 4.77. The number of thiazole rings is 1. The van der Waals surface area contributed by atoms with Gasteiger partial charge in [0, 0.05) is 37.6 Å². The highest BCUT2D eigenvalue weighted by Gasteiger charge is 2.21. The molecule has 4 nitrogen and oxygen atoms in total. The van der Waals surface area contributed by atoms with Crippen LogP contribution in [-0.4, -0.2) is 40.6 Å². The summed E-state index contributed by atoms with van der Waals surface area (Å²) in [5.74, 6) is -0.262. The number of rotatable bonds is 5. The number of hydrogen-bond donors (Lipinski definition) is 0. The van der Waals surface area contributed by atoms with E-state index in [0.29, 0.717) is 0 Å². The molecular formula is C15H18FN3OS. The van der Waals surface area contributed by atoms with Gasteiger partial charge in [0.1, 0.15) is 6.10 Å². The van der Waals surface area contributed by atoms with Crippen LogP contribution in [-0.2, 0) is 6.42 Å². The second-order valence-electron chi connectivity index (χ2n) is 5.18. The second-order valence-corrected chi connectivity index (χ2v) is 5.90.